The van der Waals surface area contributed by atoms with Crippen molar-refractivity contribution in [1.82, 2.24) is 0 Å². The van der Waals surface area contributed by atoms with Gasteiger partial charge >= 0.3 is 0 Å². The third kappa shape index (κ3) is 2.16. The highest BCUT2D eigenvalue weighted by Gasteiger charge is 2.55. The molecule has 0 spiro atoms. The zero-order valence-corrected chi connectivity index (χ0v) is 13.5. The van der Waals surface area contributed by atoms with Crippen molar-refractivity contribution >= 4 is 17.5 Å². The summed E-state index contributed by atoms with van der Waals surface area (Å²) in [7, 11) is 0. The highest BCUT2D eigenvalue weighted by molar-refractivity contribution is 6.03. The Morgan fingerprint density at radius 1 is 1.04 bits per heavy atom. The summed E-state index contributed by atoms with van der Waals surface area (Å²) in [6, 6.07) is 20.3. The quantitative estimate of drug-likeness (QED) is 0.792. The molecule has 0 bridgehead atoms. The second kappa shape index (κ2) is 5.61. The van der Waals surface area contributed by atoms with Crippen molar-refractivity contribution in [3.63, 3.8) is 0 Å². The summed E-state index contributed by atoms with van der Waals surface area (Å²) in [5.41, 5.74) is 1.27. The van der Waals surface area contributed by atoms with Crippen LogP contribution in [0.2, 0.25) is 0 Å². The van der Waals surface area contributed by atoms with Crippen molar-refractivity contribution in [3.8, 4) is 12.1 Å². The molecule has 2 aliphatic rings. The van der Waals surface area contributed by atoms with Crippen LogP contribution < -0.4 is 4.90 Å². The van der Waals surface area contributed by atoms with E-state index >= 15 is 0 Å². The molecule has 1 saturated heterocycles. The number of anilines is 1. The van der Waals surface area contributed by atoms with Gasteiger partial charge in [-0.1, -0.05) is 60.7 Å². The number of para-hydroxylation sites is 1. The van der Waals surface area contributed by atoms with Crippen LogP contribution in [0.25, 0.3) is 6.08 Å². The zero-order valence-electron chi connectivity index (χ0n) is 13.5. The number of ketones is 1. The first-order valence-corrected chi connectivity index (χ1v) is 8.17. The number of hydrogen-bond donors (Lipinski definition) is 0. The van der Waals surface area contributed by atoms with Gasteiger partial charge in [-0.3, -0.25) is 4.79 Å². The first-order chi connectivity index (χ1) is 12.2. The van der Waals surface area contributed by atoms with Crippen LogP contribution >= 0.6 is 0 Å². The Bertz CT molecular complexity index is 935. The SMILES string of the molecule is N#CC1(C#N)C[C@@H](C(=O)c2ccccc2)N2c3ccccc3C=C[C@@H]21. The lowest BCUT2D eigenvalue weighted by molar-refractivity contribution is 0.0960. The molecule has 4 heteroatoms. The van der Waals surface area contributed by atoms with Crippen LogP contribution in [0.3, 0.4) is 0 Å². The van der Waals surface area contributed by atoms with Crippen LogP contribution in [0, 0.1) is 28.1 Å². The summed E-state index contributed by atoms with van der Waals surface area (Å²) in [5.74, 6) is -0.0527. The fourth-order valence-corrected chi connectivity index (χ4v) is 3.85. The molecule has 4 nitrogen and oxygen atoms in total. The van der Waals surface area contributed by atoms with E-state index in [1.807, 2.05) is 59.5 Å². The summed E-state index contributed by atoms with van der Waals surface area (Å²) in [6.45, 7) is 0. The summed E-state index contributed by atoms with van der Waals surface area (Å²) >= 11 is 0. The molecule has 4 rings (SSSR count). The van der Waals surface area contributed by atoms with Crippen LogP contribution in [-0.2, 0) is 0 Å². The van der Waals surface area contributed by atoms with Crippen LogP contribution in [0.4, 0.5) is 5.69 Å². The first kappa shape index (κ1) is 15.2. The minimum atomic E-state index is -1.22. The minimum absolute atomic E-state index is 0.0527. The molecule has 2 atom stereocenters. The number of carbonyl (C=O) groups excluding carboxylic acids is 1. The van der Waals surface area contributed by atoms with E-state index in [-0.39, 0.29) is 12.2 Å². The highest BCUT2D eigenvalue weighted by atomic mass is 16.1. The van der Waals surface area contributed by atoms with Gasteiger partial charge < -0.3 is 4.90 Å². The van der Waals surface area contributed by atoms with Crippen LogP contribution in [0.15, 0.2) is 60.7 Å². The topological polar surface area (TPSA) is 67.9 Å². The van der Waals surface area contributed by atoms with Gasteiger partial charge in [-0.25, -0.2) is 0 Å². The maximum Gasteiger partial charge on any atom is 0.185 e. The molecule has 0 aliphatic carbocycles. The van der Waals surface area contributed by atoms with Gasteiger partial charge in [-0.05, 0) is 11.6 Å². The van der Waals surface area contributed by atoms with E-state index in [0.29, 0.717) is 5.56 Å². The predicted molar refractivity (Wildman–Crippen MR) is 94.6 cm³/mol. The molecule has 2 aliphatic heterocycles. The molecule has 0 radical (unpaired) electrons. The van der Waals surface area contributed by atoms with E-state index in [0.717, 1.165) is 11.3 Å². The molecule has 2 aromatic carbocycles. The molecule has 0 unspecified atom stereocenters. The lowest BCUT2D eigenvalue weighted by atomic mass is 9.80. The molecular formula is C21H15N3O. The lowest BCUT2D eigenvalue weighted by Crippen LogP contribution is -2.44. The summed E-state index contributed by atoms with van der Waals surface area (Å²) < 4.78 is 0. The molecule has 25 heavy (non-hydrogen) atoms. The molecule has 0 saturated carbocycles. The maximum atomic E-state index is 13.1. The third-order valence-corrected chi connectivity index (χ3v) is 5.09. The number of nitrogens with zero attached hydrogens (tertiary/aromatic N) is 3. The van der Waals surface area contributed by atoms with Crippen molar-refractivity contribution in [2.45, 2.75) is 18.5 Å². The zero-order chi connectivity index (χ0) is 17.4. The van der Waals surface area contributed by atoms with Gasteiger partial charge in [-0.2, -0.15) is 10.5 Å². The Kier molecular flexibility index (Phi) is 3.41. The van der Waals surface area contributed by atoms with E-state index in [9.17, 15) is 15.3 Å². The summed E-state index contributed by atoms with van der Waals surface area (Å²) in [4.78, 5) is 15.1. The second-order valence-electron chi connectivity index (χ2n) is 6.42. The molecular weight excluding hydrogens is 310 g/mol. The van der Waals surface area contributed by atoms with E-state index in [4.69, 9.17) is 0 Å². The lowest BCUT2D eigenvalue weighted by Gasteiger charge is -2.35. The van der Waals surface area contributed by atoms with E-state index in [1.54, 1.807) is 12.1 Å². The number of rotatable bonds is 2. The average Bonchev–Trinajstić information content (AvgIpc) is 3.03. The summed E-state index contributed by atoms with van der Waals surface area (Å²) in [6.07, 6.45) is 4.03. The standard InChI is InChI=1S/C21H15N3O/c22-13-21(14-23)12-18(20(25)16-7-2-1-3-8-16)24-17-9-5-4-6-15(17)10-11-19(21)24/h1-11,18-19H,12H2/t18-,19+/m0/s1. The number of fused-ring (bicyclic) bond motifs is 3. The fourth-order valence-electron chi connectivity index (χ4n) is 3.85. The Hall–Kier alpha value is -3.37. The number of nitriles is 2. The Balaban J connectivity index is 1.86. The van der Waals surface area contributed by atoms with Gasteiger partial charge in [0, 0.05) is 17.7 Å². The Morgan fingerprint density at radius 3 is 2.44 bits per heavy atom. The van der Waals surface area contributed by atoms with Crippen molar-refractivity contribution in [3.05, 3.63) is 71.8 Å². The average molecular weight is 325 g/mol. The van der Waals surface area contributed by atoms with E-state index < -0.39 is 17.5 Å². The van der Waals surface area contributed by atoms with Gasteiger partial charge in [0.2, 0.25) is 0 Å². The van der Waals surface area contributed by atoms with Gasteiger partial charge in [-0.15, -0.1) is 0 Å². The normalized spacial score (nSPS) is 22.4. The van der Waals surface area contributed by atoms with E-state index in [1.165, 1.54) is 0 Å². The molecule has 0 N–H and O–H groups in total. The van der Waals surface area contributed by atoms with Crippen molar-refractivity contribution < 1.29 is 4.79 Å². The maximum absolute atomic E-state index is 13.1. The van der Waals surface area contributed by atoms with Gasteiger partial charge in [0.05, 0.1) is 24.2 Å². The fraction of sp³-hybridized carbons (Fsp3) is 0.190. The Labute approximate surface area is 146 Å². The number of benzene rings is 2. The summed E-state index contributed by atoms with van der Waals surface area (Å²) in [5, 5.41) is 19.5. The minimum Gasteiger partial charge on any atom is -0.351 e. The predicted octanol–water partition coefficient (Wildman–Crippen LogP) is 3.58. The van der Waals surface area contributed by atoms with Gasteiger partial charge in [0.15, 0.2) is 11.2 Å². The smallest absolute Gasteiger partial charge is 0.185 e. The molecule has 120 valence electrons. The monoisotopic (exact) mass is 325 g/mol. The van der Waals surface area contributed by atoms with Crippen molar-refractivity contribution in [1.29, 1.82) is 10.5 Å². The molecule has 1 fully saturated rings. The third-order valence-electron chi connectivity index (χ3n) is 5.09. The van der Waals surface area contributed by atoms with Crippen LogP contribution in [-0.4, -0.2) is 17.9 Å². The van der Waals surface area contributed by atoms with Gasteiger partial charge in [0.1, 0.15) is 0 Å². The first-order valence-electron chi connectivity index (χ1n) is 8.17. The molecule has 0 aromatic heterocycles. The van der Waals surface area contributed by atoms with Crippen LogP contribution in [0.1, 0.15) is 22.3 Å². The number of hydrogen-bond acceptors (Lipinski definition) is 4. The largest absolute Gasteiger partial charge is 0.351 e. The highest BCUT2D eigenvalue weighted by Crippen LogP contribution is 2.47. The second-order valence-corrected chi connectivity index (χ2v) is 6.42. The van der Waals surface area contributed by atoms with Crippen molar-refractivity contribution in [2.24, 2.45) is 5.41 Å². The number of carbonyl (C=O) groups is 1. The Morgan fingerprint density at radius 2 is 1.72 bits per heavy atom. The molecule has 0 amide bonds. The van der Waals surface area contributed by atoms with Crippen LogP contribution in [0.5, 0.6) is 0 Å². The molecule has 2 heterocycles. The van der Waals surface area contributed by atoms with Gasteiger partial charge in [0.25, 0.3) is 0 Å². The van der Waals surface area contributed by atoms with E-state index in [2.05, 4.69) is 12.1 Å². The molecule has 2 aromatic rings. The number of Topliss-reactive ketones (excluding diaryl/α,β-unsaturated/α-hetero) is 1. The van der Waals surface area contributed by atoms with Crippen molar-refractivity contribution in [2.75, 3.05) is 4.90 Å².